The maximum absolute atomic E-state index is 12.1. The Morgan fingerprint density at radius 1 is 1.30 bits per heavy atom. The second-order valence-electron chi connectivity index (χ2n) is 5.68. The maximum Gasteiger partial charge on any atom is 0.268 e. The van der Waals surface area contributed by atoms with Gasteiger partial charge in [-0.2, -0.15) is 15.6 Å². The standard InChI is InChI=1S/C19H16N6O2/c1-2-27-16-5-4-12(8-13(16)11-25-7-3-6-23-25)17-14(9-20)18(22)24-19(26)15(17)10-21/h3-8H,2,11H2,1H3,(H3,22,24,26). The lowest BCUT2D eigenvalue weighted by atomic mass is 9.95. The van der Waals surface area contributed by atoms with Gasteiger partial charge in [0.2, 0.25) is 0 Å². The third-order valence-corrected chi connectivity index (χ3v) is 4.01. The molecule has 0 bridgehead atoms. The molecule has 3 N–H and O–H groups in total. The number of ether oxygens (including phenoxy) is 1. The number of benzene rings is 1. The zero-order valence-corrected chi connectivity index (χ0v) is 14.6. The molecule has 2 heterocycles. The molecule has 0 saturated heterocycles. The van der Waals surface area contributed by atoms with Gasteiger partial charge in [-0.1, -0.05) is 6.07 Å². The Balaban J connectivity index is 2.23. The third kappa shape index (κ3) is 3.37. The number of nitriles is 2. The molecule has 0 unspecified atom stereocenters. The third-order valence-electron chi connectivity index (χ3n) is 4.01. The molecule has 0 aliphatic rings. The van der Waals surface area contributed by atoms with Gasteiger partial charge >= 0.3 is 0 Å². The van der Waals surface area contributed by atoms with Crippen LogP contribution >= 0.6 is 0 Å². The number of nitrogen functional groups attached to an aromatic ring is 1. The van der Waals surface area contributed by atoms with Crippen LogP contribution in [0.15, 0.2) is 41.5 Å². The molecule has 8 nitrogen and oxygen atoms in total. The summed E-state index contributed by atoms with van der Waals surface area (Å²) in [7, 11) is 0. The molecule has 0 radical (unpaired) electrons. The summed E-state index contributed by atoms with van der Waals surface area (Å²) < 4.78 is 7.40. The number of nitrogens with two attached hydrogens (primary N) is 1. The van der Waals surface area contributed by atoms with Crippen LogP contribution in [0.4, 0.5) is 5.82 Å². The van der Waals surface area contributed by atoms with Gasteiger partial charge < -0.3 is 15.5 Å². The van der Waals surface area contributed by atoms with E-state index < -0.39 is 5.56 Å². The van der Waals surface area contributed by atoms with Gasteiger partial charge in [-0.25, -0.2) is 0 Å². The zero-order chi connectivity index (χ0) is 19.4. The summed E-state index contributed by atoms with van der Waals surface area (Å²) in [4.78, 5) is 14.5. The Bertz CT molecular complexity index is 1120. The number of aromatic amines is 1. The highest BCUT2D eigenvalue weighted by Gasteiger charge is 2.19. The van der Waals surface area contributed by atoms with Crippen molar-refractivity contribution in [1.29, 1.82) is 10.5 Å². The fraction of sp³-hybridized carbons (Fsp3) is 0.158. The number of aromatic nitrogens is 3. The number of H-pyrrole nitrogens is 1. The van der Waals surface area contributed by atoms with Gasteiger partial charge in [0.25, 0.3) is 5.56 Å². The maximum atomic E-state index is 12.1. The van der Waals surface area contributed by atoms with Crippen LogP contribution in [0.25, 0.3) is 11.1 Å². The van der Waals surface area contributed by atoms with Crippen molar-refractivity contribution >= 4 is 5.82 Å². The van der Waals surface area contributed by atoms with Crippen molar-refractivity contribution in [3.63, 3.8) is 0 Å². The summed E-state index contributed by atoms with van der Waals surface area (Å²) >= 11 is 0. The van der Waals surface area contributed by atoms with Gasteiger partial charge in [0.15, 0.2) is 0 Å². The highest BCUT2D eigenvalue weighted by Crippen LogP contribution is 2.32. The molecule has 0 aliphatic carbocycles. The molecule has 3 rings (SSSR count). The van der Waals surface area contributed by atoms with E-state index in [2.05, 4.69) is 10.1 Å². The first-order valence-electron chi connectivity index (χ1n) is 8.18. The quantitative estimate of drug-likeness (QED) is 0.715. The van der Waals surface area contributed by atoms with E-state index in [0.717, 1.165) is 5.56 Å². The summed E-state index contributed by atoms with van der Waals surface area (Å²) in [6.45, 7) is 2.79. The Kier molecular flexibility index (Phi) is 4.91. The molecular weight excluding hydrogens is 344 g/mol. The first-order valence-corrected chi connectivity index (χ1v) is 8.18. The SMILES string of the molecule is CCOc1ccc(-c2c(C#N)c(N)[nH]c(=O)c2C#N)cc1Cn1cccn1. The molecule has 0 spiro atoms. The molecule has 1 aromatic carbocycles. The van der Waals surface area contributed by atoms with Crippen LogP contribution in [-0.4, -0.2) is 21.4 Å². The summed E-state index contributed by atoms with van der Waals surface area (Å²) in [5.41, 5.74) is 6.60. The fourth-order valence-electron chi connectivity index (χ4n) is 2.86. The lowest BCUT2D eigenvalue weighted by Gasteiger charge is -2.14. The van der Waals surface area contributed by atoms with Crippen molar-refractivity contribution in [2.24, 2.45) is 0 Å². The molecule has 0 aliphatic heterocycles. The number of hydrogen-bond acceptors (Lipinski definition) is 6. The van der Waals surface area contributed by atoms with Crippen molar-refractivity contribution in [2.75, 3.05) is 12.3 Å². The molecule has 2 aromatic heterocycles. The number of hydrogen-bond donors (Lipinski definition) is 2. The predicted octanol–water partition coefficient (Wildman–Crippen LogP) is 2.01. The van der Waals surface area contributed by atoms with E-state index in [1.807, 2.05) is 31.3 Å². The fourth-order valence-corrected chi connectivity index (χ4v) is 2.86. The lowest BCUT2D eigenvalue weighted by Crippen LogP contribution is -2.16. The molecule has 0 amide bonds. The summed E-state index contributed by atoms with van der Waals surface area (Å²) in [6, 6.07) is 10.9. The second kappa shape index (κ2) is 7.46. The number of anilines is 1. The van der Waals surface area contributed by atoms with Gasteiger partial charge in [-0.15, -0.1) is 0 Å². The number of nitrogens with zero attached hydrogens (tertiary/aromatic N) is 4. The van der Waals surface area contributed by atoms with E-state index >= 15 is 0 Å². The largest absolute Gasteiger partial charge is 0.494 e. The van der Waals surface area contributed by atoms with Gasteiger partial charge in [0.1, 0.15) is 34.8 Å². The van der Waals surface area contributed by atoms with Gasteiger partial charge in [0, 0.05) is 23.5 Å². The topological polar surface area (TPSA) is 134 Å². The Morgan fingerprint density at radius 2 is 2.07 bits per heavy atom. The highest BCUT2D eigenvalue weighted by molar-refractivity contribution is 5.80. The molecule has 3 aromatic rings. The lowest BCUT2D eigenvalue weighted by molar-refractivity contribution is 0.335. The van der Waals surface area contributed by atoms with Gasteiger partial charge in [-0.3, -0.25) is 9.48 Å². The average Bonchev–Trinajstić information content (AvgIpc) is 3.16. The Hall–Kier alpha value is -4.04. The summed E-state index contributed by atoms with van der Waals surface area (Å²) in [5, 5.41) is 23.1. The molecule has 0 fully saturated rings. The second-order valence-corrected chi connectivity index (χ2v) is 5.68. The first-order chi connectivity index (χ1) is 13.1. The minimum absolute atomic E-state index is 0.0559. The smallest absolute Gasteiger partial charge is 0.268 e. The molecule has 0 saturated carbocycles. The van der Waals surface area contributed by atoms with Crippen LogP contribution in [-0.2, 0) is 6.54 Å². The Morgan fingerprint density at radius 3 is 2.70 bits per heavy atom. The summed E-state index contributed by atoms with van der Waals surface area (Å²) in [5.74, 6) is 0.589. The van der Waals surface area contributed by atoms with Crippen molar-refractivity contribution < 1.29 is 4.74 Å². The van der Waals surface area contributed by atoms with E-state index in [-0.39, 0.29) is 22.5 Å². The van der Waals surface area contributed by atoms with E-state index in [0.29, 0.717) is 24.5 Å². The van der Waals surface area contributed by atoms with Gasteiger partial charge in [-0.05, 0) is 30.7 Å². The minimum Gasteiger partial charge on any atom is -0.494 e. The van der Waals surface area contributed by atoms with Crippen molar-refractivity contribution in [1.82, 2.24) is 14.8 Å². The molecular formula is C19H16N6O2. The van der Waals surface area contributed by atoms with Crippen LogP contribution in [0.3, 0.4) is 0 Å². The minimum atomic E-state index is -0.633. The van der Waals surface area contributed by atoms with Crippen molar-refractivity contribution in [3.8, 4) is 29.0 Å². The monoisotopic (exact) mass is 360 g/mol. The van der Waals surface area contributed by atoms with Gasteiger partial charge in [0.05, 0.1) is 13.2 Å². The number of rotatable bonds is 5. The summed E-state index contributed by atoms with van der Waals surface area (Å²) in [6.07, 6.45) is 3.48. The molecule has 0 atom stereocenters. The van der Waals surface area contributed by atoms with Crippen LogP contribution in [0.2, 0.25) is 0 Å². The van der Waals surface area contributed by atoms with E-state index in [1.54, 1.807) is 29.1 Å². The van der Waals surface area contributed by atoms with Crippen LogP contribution in [0.1, 0.15) is 23.6 Å². The zero-order valence-electron chi connectivity index (χ0n) is 14.6. The Labute approximate surface area is 155 Å². The highest BCUT2D eigenvalue weighted by atomic mass is 16.5. The van der Waals surface area contributed by atoms with Crippen molar-refractivity contribution in [3.05, 3.63) is 63.7 Å². The van der Waals surface area contributed by atoms with Crippen molar-refractivity contribution in [2.45, 2.75) is 13.5 Å². The molecule has 8 heteroatoms. The average molecular weight is 360 g/mol. The molecule has 134 valence electrons. The molecule has 27 heavy (non-hydrogen) atoms. The van der Waals surface area contributed by atoms with Crippen LogP contribution in [0.5, 0.6) is 5.75 Å². The van der Waals surface area contributed by atoms with Crippen LogP contribution < -0.4 is 16.0 Å². The number of pyridine rings is 1. The first kappa shape index (κ1) is 17.8. The normalized spacial score (nSPS) is 10.2. The van der Waals surface area contributed by atoms with Crippen LogP contribution in [0, 0.1) is 22.7 Å². The predicted molar refractivity (Wildman–Crippen MR) is 98.8 cm³/mol. The van der Waals surface area contributed by atoms with E-state index in [4.69, 9.17) is 10.5 Å². The van der Waals surface area contributed by atoms with E-state index in [9.17, 15) is 15.3 Å². The number of nitrogens with one attached hydrogen (secondary N) is 1. The van der Waals surface area contributed by atoms with E-state index in [1.165, 1.54) is 0 Å².